The highest BCUT2D eigenvalue weighted by molar-refractivity contribution is 5.23. The highest BCUT2D eigenvalue weighted by Gasteiger charge is 2.16. The molecule has 0 saturated carbocycles. The number of hydrogen-bond donors (Lipinski definition) is 1. The molecule has 2 N–H and O–H groups in total. The minimum absolute atomic E-state index is 0.180. The Morgan fingerprint density at radius 1 is 1.73 bits per heavy atom. The van der Waals surface area contributed by atoms with Gasteiger partial charge in [0, 0.05) is 5.54 Å². The van der Waals surface area contributed by atoms with E-state index >= 15 is 0 Å². The van der Waals surface area contributed by atoms with Crippen LogP contribution >= 0.6 is 0 Å². The van der Waals surface area contributed by atoms with Crippen molar-refractivity contribution in [1.29, 1.82) is 0 Å². The van der Waals surface area contributed by atoms with E-state index < -0.39 is 0 Å². The second kappa shape index (κ2) is 3.09. The third-order valence-corrected chi connectivity index (χ3v) is 1.68. The van der Waals surface area contributed by atoms with E-state index in [-0.39, 0.29) is 5.54 Å². The van der Waals surface area contributed by atoms with Crippen molar-refractivity contribution >= 4 is 0 Å². The van der Waals surface area contributed by atoms with E-state index in [1.807, 2.05) is 32.1 Å². The van der Waals surface area contributed by atoms with Gasteiger partial charge in [0.15, 0.2) is 0 Å². The fraction of sp³-hybridized carbons (Fsp3) is 0.556. The van der Waals surface area contributed by atoms with Gasteiger partial charge in [-0.05, 0) is 32.4 Å². The summed E-state index contributed by atoms with van der Waals surface area (Å²) in [7, 11) is 0. The average Bonchev–Trinajstić information content (AvgIpc) is 1.94. The van der Waals surface area contributed by atoms with Crippen LogP contribution in [-0.2, 0) is 4.74 Å². The monoisotopic (exact) mass is 153 g/mol. The van der Waals surface area contributed by atoms with Crippen LogP contribution in [0.3, 0.4) is 0 Å². The van der Waals surface area contributed by atoms with Crippen LogP contribution in [0.2, 0.25) is 0 Å². The summed E-state index contributed by atoms with van der Waals surface area (Å²) in [5, 5.41) is 0. The Morgan fingerprint density at radius 3 is 2.91 bits per heavy atom. The van der Waals surface area contributed by atoms with E-state index in [1.165, 1.54) is 0 Å². The van der Waals surface area contributed by atoms with E-state index in [9.17, 15) is 0 Å². The van der Waals surface area contributed by atoms with Gasteiger partial charge in [0.1, 0.15) is 5.76 Å². The number of ether oxygens (including phenoxy) is 1. The number of nitrogens with two attached hydrogens (primary N) is 1. The first-order chi connectivity index (χ1) is 5.14. The first-order valence-corrected chi connectivity index (χ1v) is 3.95. The fourth-order valence-corrected chi connectivity index (χ4v) is 1.00. The zero-order chi connectivity index (χ0) is 8.32. The van der Waals surface area contributed by atoms with Crippen LogP contribution in [0.25, 0.3) is 0 Å². The van der Waals surface area contributed by atoms with E-state index in [2.05, 4.69) is 0 Å². The molecule has 2 heteroatoms. The molecule has 1 aliphatic carbocycles. The van der Waals surface area contributed by atoms with E-state index in [4.69, 9.17) is 10.5 Å². The topological polar surface area (TPSA) is 35.2 Å². The smallest absolute Gasteiger partial charge is 0.115 e. The standard InChI is InChI=1S/C9H15NO/c1-3-11-8-4-6-9(2,10)7-5-8/h4-6H,3,7,10H2,1-2H3. The molecule has 11 heavy (non-hydrogen) atoms. The maximum atomic E-state index is 5.85. The molecule has 1 aliphatic rings. The molecule has 0 aromatic carbocycles. The van der Waals surface area contributed by atoms with Crippen molar-refractivity contribution in [3.05, 3.63) is 24.0 Å². The molecule has 1 unspecified atom stereocenters. The summed E-state index contributed by atoms with van der Waals surface area (Å²) in [5.41, 5.74) is 5.67. The lowest BCUT2D eigenvalue weighted by atomic mass is 9.94. The molecular weight excluding hydrogens is 138 g/mol. The van der Waals surface area contributed by atoms with Gasteiger partial charge in [-0.2, -0.15) is 0 Å². The molecule has 1 rings (SSSR count). The Morgan fingerprint density at radius 2 is 2.45 bits per heavy atom. The van der Waals surface area contributed by atoms with Crippen molar-refractivity contribution in [3.8, 4) is 0 Å². The van der Waals surface area contributed by atoms with Crippen molar-refractivity contribution in [2.24, 2.45) is 5.73 Å². The molecule has 1 atom stereocenters. The normalized spacial score (nSPS) is 29.9. The van der Waals surface area contributed by atoms with E-state index in [0.717, 1.165) is 18.8 Å². The van der Waals surface area contributed by atoms with Gasteiger partial charge in [-0.25, -0.2) is 0 Å². The Balaban J connectivity index is 2.53. The molecule has 0 spiro atoms. The lowest BCUT2D eigenvalue weighted by Gasteiger charge is -2.22. The van der Waals surface area contributed by atoms with Crippen LogP contribution in [0.15, 0.2) is 24.0 Å². The second-order valence-corrected chi connectivity index (χ2v) is 3.08. The molecule has 0 saturated heterocycles. The lowest BCUT2D eigenvalue weighted by molar-refractivity contribution is 0.238. The molecule has 2 nitrogen and oxygen atoms in total. The summed E-state index contributed by atoms with van der Waals surface area (Å²) >= 11 is 0. The Bertz CT molecular complexity index is 192. The number of rotatable bonds is 2. The molecule has 0 bridgehead atoms. The molecule has 0 fully saturated rings. The van der Waals surface area contributed by atoms with Gasteiger partial charge in [0.05, 0.1) is 6.61 Å². The predicted octanol–water partition coefficient (Wildman–Crippen LogP) is 1.58. The molecule has 0 aromatic heterocycles. The maximum absolute atomic E-state index is 5.85. The van der Waals surface area contributed by atoms with Gasteiger partial charge in [-0.3, -0.25) is 0 Å². The average molecular weight is 153 g/mol. The molecule has 0 aliphatic heterocycles. The largest absolute Gasteiger partial charge is 0.494 e. The third-order valence-electron chi connectivity index (χ3n) is 1.68. The molecule has 0 amide bonds. The maximum Gasteiger partial charge on any atom is 0.115 e. The van der Waals surface area contributed by atoms with Gasteiger partial charge in [-0.15, -0.1) is 0 Å². The zero-order valence-electron chi connectivity index (χ0n) is 7.13. The van der Waals surface area contributed by atoms with Crippen LogP contribution in [-0.4, -0.2) is 12.1 Å². The third kappa shape index (κ3) is 2.39. The first-order valence-electron chi connectivity index (χ1n) is 3.95. The highest BCUT2D eigenvalue weighted by atomic mass is 16.5. The van der Waals surface area contributed by atoms with Gasteiger partial charge in [0.25, 0.3) is 0 Å². The molecule has 62 valence electrons. The summed E-state index contributed by atoms with van der Waals surface area (Å²) in [5.74, 6) is 0.940. The summed E-state index contributed by atoms with van der Waals surface area (Å²) in [6.45, 7) is 4.70. The first kappa shape index (κ1) is 8.34. The number of hydrogen-bond acceptors (Lipinski definition) is 2. The van der Waals surface area contributed by atoms with Crippen LogP contribution in [0.4, 0.5) is 0 Å². The van der Waals surface area contributed by atoms with Crippen molar-refractivity contribution in [3.63, 3.8) is 0 Å². The SMILES string of the molecule is CCOC1=CCC(C)(N)C=C1. The minimum atomic E-state index is -0.180. The minimum Gasteiger partial charge on any atom is -0.494 e. The van der Waals surface area contributed by atoms with Crippen molar-refractivity contribution < 1.29 is 4.74 Å². The van der Waals surface area contributed by atoms with Crippen molar-refractivity contribution in [1.82, 2.24) is 0 Å². The van der Waals surface area contributed by atoms with Crippen molar-refractivity contribution in [2.75, 3.05) is 6.61 Å². The van der Waals surface area contributed by atoms with Crippen LogP contribution in [0.5, 0.6) is 0 Å². The van der Waals surface area contributed by atoms with Gasteiger partial charge < -0.3 is 10.5 Å². The van der Waals surface area contributed by atoms with Gasteiger partial charge in [0.2, 0.25) is 0 Å². The van der Waals surface area contributed by atoms with Gasteiger partial charge in [-0.1, -0.05) is 6.08 Å². The van der Waals surface area contributed by atoms with Crippen LogP contribution < -0.4 is 5.73 Å². The fourth-order valence-electron chi connectivity index (χ4n) is 1.00. The van der Waals surface area contributed by atoms with E-state index in [1.54, 1.807) is 0 Å². The Kier molecular flexibility index (Phi) is 2.35. The van der Waals surface area contributed by atoms with E-state index in [0.29, 0.717) is 0 Å². The second-order valence-electron chi connectivity index (χ2n) is 3.08. The Labute approximate surface area is 67.7 Å². The predicted molar refractivity (Wildman–Crippen MR) is 46.1 cm³/mol. The number of allylic oxidation sites excluding steroid dienone is 1. The summed E-state index contributed by atoms with van der Waals surface area (Å²) < 4.78 is 5.29. The summed E-state index contributed by atoms with van der Waals surface area (Å²) in [6, 6.07) is 0. The zero-order valence-corrected chi connectivity index (χ0v) is 7.13. The molecular formula is C9H15NO. The molecule has 0 aromatic rings. The quantitative estimate of drug-likeness (QED) is 0.653. The Hall–Kier alpha value is -0.760. The highest BCUT2D eigenvalue weighted by Crippen LogP contribution is 2.17. The lowest BCUT2D eigenvalue weighted by Crippen LogP contribution is -2.34. The summed E-state index contributed by atoms with van der Waals surface area (Å²) in [4.78, 5) is 0. The molecule has 0 radical (unpaired) electrons. The van der Waals surface area contributed by atoms with Crippen LogP contribution in [0.1, 0.15) is 20.3 Å². The summed E-state index contributed by atoms with van der Waals surface area (Å²) in [6.07, 6.45) is 6.81. The van der Waals surface area contributed by atoms with Gasteiger partial charge >= 0.3 is 0 Å². The van der Waals surface area contributed by atoms with Crippen molar-refractivity contribution in [2.45, 2.75) is 25.8 Å². The molecule has 0 heterocycles. The van der Waals surface area contributed by atoms with Crippen LogP contribution in [0, 0.1) is 0 Å².